The van der Waals surface area contributed by atoms with Gasteiger partial charge in [0.15, 0.2) is 17.0 Å². The van der Waals surface area contributed by atoms with E-state index in [1.807, 2.05) is 18.2 Å². The highest BCUT2D eigenvalue weighted by molar-refractivity contribution is 5.59. The minimum atomic E-state index is -1.84. The van der Waals surface area contributed by atoms with Crippen molar-refractivity contribution in [2.24, 2.45) is 28.4 Å². The van der Waals surface area contributed by atoms with Crippen LogP contribution in [0.1, 0.15) is 45.1 Å². The first-order chi connectivity index (χ1) is 13.6. The Kier molecular flexibility index (Phi) is 4.97. The average Bonchev–Trinajstić information content (AvgIpc) is 2.68. The van der Waals surface area contributed by atoms with E-state index in [1.54, 1.807) is 0 Å². The van der Waals surface area contributed by atoms with Crippen molar-refractivity contribution >= 4 is 0 Å². The highest BCUT2D eigenvalue weighted by Gasteiger charge is 2.55. The van der Waals surface area contributed by atoms with E-state index in [0.717, 1.165) is 18.6 Å². The smallest absolute Gasteiger partial charge is 0.191 e. The summed E-state index contributed by atoms with van der Waals surface area (Å²) in [6, 6.07) is 9.53. The molecule has 0 saturated carbocycles. The van der Waals surface area contributed by atoms with Gasteiger partial charge < -0.3 is 5.73 Å². The van der Waals surface area contributed by atoms with Crippen LogP contribution in [0.2, 0.25) is 0 Å². The van der Waals surface area contributed by atoms with Crippen molar-refractivity contribution < 1.29 is 8.78 Å². The molecule has 0 bridgehead atoms. The summed E-state index contributed by atoms with van der Waals surface area (Å²) in [4.78, 5) is 0. The third kappa shape index (κ3) is 3.08. The molecule has 29 heavy (non-hydrogen) atoms. The third-order valence-corrected chi connectivity index (χ3v) is 6.40. The maximum atomic E-state index is 14.1. The fourth-order valence-electron chi connectivity index (χ4n) is 4.68. The van der Waals surface area contributed by atoms with Crippen molar-refractivity contribution in [3.63, 3.8) is 0 Å². The molecule has 0 aromatic heterocycles. The van der Waals surface area contributed by atoms with Crippen LogP contribution in [-0.4, -0.2) is 0 Å². The Morgan fingerprint density at radius 3 is 2.28 bits per heavy atom. The van der Waals surface area contributed by atoms with Crippen LogP contribution in [0.4, 0.5) is 8.78 Å². The quantitative estimate of drug-likeness (QED) is 0.740. The maximum Gasteiger partial charge on any atom is 0.191 e. The lowest BCUT2D eigenvalue weighted by atomic mass is 9.54. The number of nitriles is 3. The van der Waals surface area contributed by atoms with Crippen LogP contribution in [0.5, 0.6) is 0 Å². The summed E-state index contributed by atoms with van der Waals surface area (Å²) in [5.74, 6) is -2.99. The lowest BCUT2D eigenvalue weighted by Gasteiger charge is -2.47. The summed E-state index contributed by atoms with van der Waals surface area (Å²) in [7, 11) is 0. The predicted molar refractivity (Wildman–Crippen MR) is 103 cm³/mol. The SMILES string of the molecule is CC(C)(C)C1CC=C2C(C#N)=C(N)C(C#N)(C#N)[C@@H](c3ccc(F)c(F)c3)[C@@H]2C1. The molecule has 3 atom stereocenters. The fourth-order valence-corrected chi connectivity index (χ4v) is 4.68. The first-order valence-electron chi connectivity index (χ1n) is 9.49. The van der Waals surface area contributed by atoms with E-state index in [4.69, 9.17) is 5.73 Å². The van der Waals surface area contributed by atoms with E-state index in [-0.39, 0.29) is 28.5 Å². The number of hydrogen-bond donors (Lipinski definition) is 1. The highest BCUT2D eigenvalue weighted by atomic mass is 19.2. The normalized spacial score (nSPS) is 25.9. The van der Waals surface area contributed by atoms with Gasteiger partial charge in [0, 0.05) is 5.92 Å². The summed E-state index contributed by atoms with van der Waals surface area (Å²) >= 11 is 0. The molecule has 1 aromatic carbocycles. The van der Waals surface area contributed by atoms with Crippen LogP contribution < -0.4 is 5.73 Å². The number of rotatable bonds is 1. The zero-order valence-electron chi connectivity index (χ0n) is 16.6. The van der Waals surface area contributed by atoms with E-state index in [0.29, 0.717) is 17.6 Å². The summed E-state index contributed by atoms with van der Waals surface area (Å²) in [5, 5.41) is 29.8. The first-order valence-corrected chi connectivity index (χ1v) is 9.49. The van der Waals surface area contributed by atoms with Crippen LogP contribution in [0.25, 0.3) is 0 Å². The Morgan fingerprint density at radius 1 is 1.10 bits per heavy atom. The Hall–Kier alpha value is -3.17. The van der Waals surface area contributed by atoms with Crippen LogP contribution >= 0.6 is 0 Å². The lowest BCUT2D eigenvalue weighted by molar-refractivity contribution is 0.170. The van der Waals surface area contributed by atoms with Crippen molar-refractivity contribution in [2.75, 3.05) is 0 Å². The average molecular weight is 392 g/mol. The molecule has 1 aromatic rings. The van der Waals surface area contributed by atoms with E-state index in [1.165, 1.54) is 6.07 Å². The van der Waals surface area contributed by atoms with Gasteiger partial charge >= 0.3 is 0 Å². The van der Waals surface area contributed by atoms with Crippen molar-refractivity contribution in [3.05, 3.63) is 58.3 Å². The molecule has 4 nitrogen and oxygen atoms in total. The maximum absolute atomic E-state index is 14.1. The van der Waals surface area contributed by atoms with Crippen LogP contribution in [0.3, 0.4) is 0 Å². The van der Waals surface area contributed by atoms with Crippen molar-refractivity contribution in [2.45, 2.75) is 39.5 Å². The van der Waals surface area contributed by atoms with Gasteiger partial charge in [0.1, 0.15) is 6.07 Å². The standard InChI is InChI=1S/C23H22F2N4/c1-22(2,3)14-5-6-15-16(9-14)20(13-4-7-18(24)19(25)8-13)23(11-27,12-28)21(29)17(15)10-26/h4,6-8,14,16,20H,5,9,29H2,1-3H3/t14?,16-,20+/m1/s1. The molecule has 6 heteroatoms. The molecular formula is C23H22F2N4. The fraction of sp³-hybridized carbons (Fsp3) is 0.435. The topological polar surface area (TPSA) is 97.4 Å². The van der Waals surface area contributed by atoms with E-state index < -0.39 is 23.0 Å². The molecule has 3 rings (SSSR count). The molecule has 0 radical (unpaired) electrons. The Labute approximate surface area is 169 Å². The minimum absolute atomic E-state index is 0.0396. The third-order valence-electron chi connectivity index (χ3n) is 6.40. The minimum Gasteiger partial charge on any atom is -0.399 e. The van der Waals surface area contributed by atoms with Crippen molar-refractivity contribution in [3.8, 4) is 18.2 Å². The van der Waals surface area contributed by atoms with Crippen molar-refractivity contribution in [1.29, 1.82) is 15.8 Å². The van der Waals surface area contributed by atoms with Crippen LogP contribution in [-0.2, 0) is 0 Å². The number of nitrogens with two attached hydrogens (primary N) is 1. The van der Waals surface area contributed by atoms with E-state index in [9.17, 15) is 24.6 Å². The summed E-state index contributed by atoms with van der Waals surface area (Å²) in [6.07, 6.45) is 3.31. The summed E-state index contributed by atoms with van der Waals surface area (Å²) < 4.78 is 27.6. The molecule has 148 valence electrons. The highest BCUT2D eigenvalue weighted by Crippen LogP contribution is 2.57. The monoisotopic (exact) mass is 392 g/mol. The Morgan fingerprint density at radius 2 is 1.76 bits per heavy atom. The molecule has 2 aliphatic rings. The van der Waals surface area contributed by atoms with Crippen LogP contribution in [0.15, 0.2) is 41.1 Å². The molecule has 1 unspecified atom stereocenters. The second-order valence-corrected chi connectivity index (χ2v) is 8.88. The van der Waals surface area contributed by atoms with E-state index >= 15 is 0 Å². The Bertz CT molecular complexity index is 1030. The van der Waals surface area contributed by atoms with Crippen molar-refractivity contribution in [1.82, 2.24) is 0 Å². The molecule has 0 amide bonds. The number of hydrogen-bond acceptors (Lipinski definition) is 4. The molecule has 0 fully saturated rings. The molecule has 0 saturated heterocycles. The lowest BCUT2D eigenvalue weighted by Crippen LogP contribution is -2.44. The molecular weight excluding hydrogens is 370 g/mol. The predicted octanol–water partition coefficient (Wildman–Crippen LogP) is 4.83. The molecule has 0 heterocycles. The second-order valence-electron chi connectivity index (χ2n) is 8.88. The van der Waals surface area contributed by atoms with Gasteiger partial charge in [-0.15, -0.1) is 0 Å². The van der Waals surface area contributed by atoms with Crippen LogP contribution in [0, 0.1) is 68.3 Å². The number of fused-ring (bicyclic) bond motifs is 1. The van der Waals surface area contributed by atoms with Gasteiger partial charge in [0.05, 0.1) is 23.4 Å². The van der Waals surface area contributed by atoms with E-state index in [2.05, 4.69) is 26.8 Å². The molecule has 2 aliphatic carbocycles. The molecule has 0 spiro atoms. The van der Waals surface area contributed by atoms with Gasteiger partial charge in [-0.05, 0) is 53.4 Å². The van der Waals surface area contributed by atoms with Gasteiger partial charge in [-0.3, -0.25) is 0 Å². The van der Waals surface area contributed by atoms with Gasteiger partial charge in [-0.2, -0.15) is 15.8 Å². The number of nitrogens with zero attached hydrogens (tertiary/aromatic N) is 3. The largest absolute Gasteiger partial charge is 0.399 e. The number of halogens is 2. The summed E-state index contributed by atoms with van der Waals surface area (Å²) in [6.45, 7) is 6.34. The van der Waals surface area contributed by atoms with Gasteiger partial charge in [-0.1, -0.05) is 32.9 Å². The number of allylic oxidation sites excluding steroid dienone is 4. The van der Waals surface area contributed by atoms with Gasteiger partial charge in [0.25, 0.3) is 0 Å². The van der Waals surface area contributed by atoms with Gasteiger partial charge in [0.2, 0.25) is 0 Å². The number of benzene rings is 1. The zero-order valence-corrected chi connectivity index (χ0v) is 16.6. The Balaban J connectivity index is 2.32. The van der Waals surface area contributed by atoms with Gasteiger partial charge in [-0.25, -0.2) is 8.78 Å². The molecule has 2 N–H and O–H groups in total. The zero-order chi connectivity index (χ0) is 21.6. The molecule has 0 aliphatic heterocycles. The first kappa shape index (κ1) is 20.6. The summed E-state index contributed by atoms with van der Waals surface area (Å²) in [5.41, 5.74) is 5.41. The second kappa shape index (κ2) is 7.02.